The van der Waals surface area contributed by atoms with Gasteiger partial charge in [-0.25, -0.2) is 9.59 Å². The van der Waals surface area contributed by atoms with Crippen molar-refractivity contribution in [2.75, 3.05) is 26.7 Å². The molecule has 0 saturated heterocycles. The van der Waals surface area contributed by atoms with E-state index in [4.69, 9.17) is 5.11 Å². The molecule has 6 heteroatoms. The number of carbonyl (C=O) groups is 2. The molecule has 2 amide bonds. The summed E-state index contributed by atoms with van der Waals surface area (Å²) < 4.78 is 0. The van der Waals surface area contributed by atoms with Crippen LogP contribution in [0.5, 0.6) is 0 Å². The van der Waals surface area contributed by atoms with Gasteiger partial charge >= 0.3 is 12.0 Å². The molecule has 0 radical (unpaired) electrons. The van der Waals surface area contributed by atoms with Crippen molar-refractivity contribution < 1.29 is 14.7 Å². The Balaban J connectivity index is 3.86. The number of nitrogens with zero attached hydrogens (tertiary/aromatic N) is 1. The van der Waals surface area contributed by atoms with Crippen LogP contribution in [0.1, 0.15) is 26.7 Å². The van der Waals surface area contributed by atoms with Crippen molar-refractivity contribution in [1.82, 2.24) is 15.5 Å². The summed E-state index contributed by atoms with van der Waals surface area (Å²) in [6.07, 6.45) is 1.16. The lowest BCUT2D eigenvalue weighted by molar-refractivity contribution is -0.139. The van der Waals surface area contributed by atoms with Crippen molar-refractivity contribution in [1.29, 1.82) is 0 Å². The smallest absolute Gasteiger partial charge is 0.326 e. The topological polar surface area (TPSA) is 81.7 Å². The maximum absolute atomic E-state index is 11.4. The van der Waals surface area contributed by atoms with Crippen molar-refractivity contribution in [2.24, 2.45) is 0 Å². The van der Waals surface area contributed by atoms with Crippen LogP contribution in [0.15, 0.2) is 0 Å². The second kappa shape index (κ2) is 8.81. The van der Waals surface area contributed by atoms with E-state index in [1.54, 1.807) is 0 Å². The fraction of sp³-hybridized carbons (Fsp3) is 0.818. The fourth-order valence-electron chi connectivity index (χ4n) is 1.27. The molecule has 3 N–H and O–H groups in total. The third kappa shape index (κ3) is 7.57. The van der Waals surface area contributed by atoms with Crippen molar-refractivity contribution in [3.63, 3.8) is 0 Å². The summed E-state index contributed by atoms with van der Waals surface area (Å²) in [5.41, 5.74) is 0. The molecular formula is C11H23N3O3. The van der Waals surface area contributed by atoms with Crippen molar-refractivity contribution in [3.8, 4) is 0 Å². The lowest BCUT2D eigenvalue weighted by atomic mass is 10.2. The minimum atomic E-state index is -0.993. The van der Waals surface area contributed by atoms with Crippen LogP contribution in [-0.4, -0.2) is 54.7 Å². The molecule has 17 heavy (non-hydrogen) atoms. The number of carboxylic acid groups (broad SMARTS) is 1. The van der Waals surface area contributed by atoms with E-state index in [1.807, 2.05) is 20.9 Å². The third-order valence-corrected chi connectivity index (χ3v) is 2.50. The van der Waals surface area contributed by atoms with Crippen LogP contribution in [0, 0.1) is 0 Å². The monoisotopic (exact) mass is 245 g/mol. The van der Waals surface area contributed by atoms with Crippen LogP contribution in [-0.2, 0) is 4.79 Å². The Morgan fingerprint density at radius 3 is 2.47 bits per heavy atom. The molecule has 0 heterocycles. The number of hydrogen-bond donors (Lipinski definition) is 3. The van der Waals surface area contributed by atoms with E-state index in [9.17, 15) is 9.59 Å². The Kier molecular flexibility index (Phi) is 8.13. The molecule has 0 spiro atoms. The Morgan fingerprint density at radius 2 is 2.00 bits per heavy atom. The van der Waals surface area contributed by atoms with Gasteiger partial charge in [-0.2, -0.15) is 0 Å². The molecule has 0 aromatic rings. The van der Waals surface area contributed by atoms with E-state index in [0.29, 0.717) is 13.0 Å². The largest absolute Gasteiger partial charge is 0.480 e. The number of rotatable bonds is 8. The minimum absolute atomic E-state index is 0.421. The van der Waals surface area contributed by atoms with E-state index in [1.165, 1.54) is 0 Å². The molecule has 0 unspecified atom stereocenters. The quantitative estimate of drug-likeness (QED) is 0.581. The van der Waals surface area contributed by atoms with Crippen LogP contribution >= 0.6 is 0 Å². The first-order valence-electron chi connectivity index (χ1n) is 5.96. The van der Waals surface area contributed by atoms with Crippen LogP contribution in [0.4, 0.5) is 4.79 Å². The van der Waals surface area contributed by atoms with Gasteiger partial charge in [-0.3, -0.25) is 0 Å². The maximum atomic E-state index is 11.4. The number of urea groups is 1. The third-order valence-electron chi connectivity index (χ3n) is 2.50. The van der Waals surface area contributed by atoms with Crippen LogP contribution < -0.4 is 10.6 Å². The van der Waals surface area contributed by atoms with Gasteiger partial charge in [0.15, 0.2) is 0 Å². The van der Waals surface area contributed by atoms with Gasteiger partial charge in [0.05, 0.1) is 0 Å². The number of carboxylic acids is 1. The zero-order valence-electron chi connectivity index (χ0n) is 10.8. The molecule has 0 aromatic carbocycles. The lowest BCUT2D eigenvalue weighted by Crippen LogP contribution is -2.47. The molecule has 0 aliphatic heterocycles. The zero-order chi connectivity index (χ0) is 13.3. The van der Waals surface area contributed by atoms with E-state index in [-0.39, 0.29) is 0 Å². The molecule has 0 bridgehead atoms. The van der Waals surface area contributed by atoms with Gasteiger partial charge in [-0.1, -0.05) is 20.3 Å². The molecule has 0 saturated carbocycles. The van der Waals surface area contributed by atoms with Crippen LogP contribution in [0.3, 0.4) is 0 Å². The van der Waals surface area contributed by atoms with Crippen LogP contribution in [0.2, 0.25) is 0 Å². The normalized spacial score (nSPS) is 12.2. The van der Waals surface area contributed by atoms with Gasteiger partial charge in [0.25, 0.3) is 0 Å². The molecule has 0 fully saturated rings. The molecule has 0 aromatic heterocycles. The molecule has 6 nitrogen and oxygen atoms in total. The first-order valence-corrected chi connectivity index (χ1v) is 5.96. The molecule has 0 aliphatic rings. The zero-order valence-corrected chi connectivity index (χ0v) is 10.8. The number of likely N-dealkylation sites (N-methyl/N-ethyl adjacent to an activating group) is 1. The second-order valence-electron chi connectivity index (χ2n) is 3.98. The Labute approximate surface area is 102 Å². The van der Waals surface area contributed by atoms with Crippen molar-refractivity contribution in [3.05, 3.63) is 0 Å². The van der Waals surface area contributed by atoms with Crippen LogP contribution in [0.25, 0.3) is 0 Å². The summed E-state index contributed by atoms with van der Waals surface area (Å²) in [6, 6.07) is -1.22. The molecule has 100 valence electrons. The van der Waals surface area contributed by atoms with E-state index < -0.39 is 18.0 Å². The Hall–Kier alpha value is -1.30. The molecule has 1 atom stereocenters. The highest BCUT2D eigenvalue weighted by molar-refractivity contribution is 5.82. The summed E-state index contributed by atoms with van der Waals surface area (Å²) in [5, 5.41) is 13.9. The molecular weight excluding hydrogens is 222 g/mol. The minimum Gasteiger partial charge on any atom is -0.480 e. The summed E-state index contributed by atoms with van der Waals surface area (Å²) in [4.78, 5) is 24.3. The van der Waals surface area contributed by atoms with Gasteiger partial charge in [0.1, 0.15) is 6.04 Å². The average Bonchev–Trinajstić information content (AvgIpc) is 2.28. The number of hydrogen-bond acceptors (Lipinski definition) is 3. The Morgan fingerprint density at radius 1 is 1.35 bits per heavy atom. The van der Waals surface area contributed by atoms with E-state index >= 15 is 0 Å². The standard InChI is InChI=1S/C11H23N3O3/c1-4-6-9(10(15)16)13-11(17)12-7-8-14(3)5-2/h9H,4-8H2,1-3H3,(H,15,16)(H2,12,13,17)/t9-/m0/s1. The molecule has 0 rings (SSSR count). The predicted molar refractivity (Wildman–Crippen MR) is 66.0 cm³/mol. The van der Waals surface area contributed by atoms with Gasteiger partial charge in [-0.15, -0.1) is 0 Å². The number of aliphatic carboxylic acids is 1. The highest BCUT2D eigenvalue weighted by atomic mass is 16.4. The van der Waals surface area contributed by atoms with E-state index in [2.05, 4.69) is 15.5 Å². The fourth-order valence-corrected chi connectivity index (χ4v) is 1.27. The predicted octanol–water partition coefficient (Wildman–Crippen LogP) is 0.491. The average molecular weight is 245 g/mol. The summed E-state index contributed by atoms with van der Waals surface area (Å²) in [7, 11) is 1.96. The maximum Gasteiger partial charge on any atom is 0.326 e. The van der Waals surface area contributed by atoms with Gasteiger partial charge < -0.3 is 20.6 Å². The number of amides is 2. The first-order chi connectivity index (χ1) is 8.01. The molecule has 0 aliphatic carbocycles. The second-order valence-corrected chi connectivity index (χ2v) is 3.98. The van der Waals surface area contributed by atoms with Gasteiger partial charge in [0, 0.05) is 13.1 Å². The highest BCUT2D eigenvalue weighted by Crippen LogP contribution is 1.96. The van der Waals surface area contributed by atoms with E-state index in [0.717, 1.165) is 19.5 Å². The highest BCUT2D eigenvalue weighted by Gasteiger charge is 2.18. The summed E-state index contributed by atoms with van der Waals surface area (Å²) in [6.45, 7) is 6.08. The summed E-state index contributed by atoms with van der Waals surface area (Å²) in [5.74, 6) is -0.993. The van der Waals surface area contributed by atoms with Crippen molar-refractivity contribution >= 4 is 12.0 Å². The van der Waals surface area contributed by atoms with Gasteiger partial charge in [0.2, 0.25) is 0 Å². The number of nitrogens with one attached hydrogen (secondary N) is 2. The SMILES string of the molecule is CCC[C@H](NC(=O)NCCN(C)CC)C(=O)O. The lowest BCUT2D eigenvalue weighted by Gasteiger charge is -2.16. The van der Waals surface area contributed by atoms with Crippen molar-refractivity contribution in [2.45, 2.75) is 32.7 Å². The van der Waals surface area contributed by atoms with Gasteiger partial charge in [-0.05, 0) is 20.0 Å². The first kappa shape index (κ1) is 15.7. The Bertz CT molecular complexity index is 246. The summed E-state index contributed by atoms with van der Waals surface area (Å²) >= 11 is 0. The number of carbonyl (C=O) groups excluding carboxylic acids is 1.